The fraction of sp³-hybridized carbons (Fsp3) is 0.667. The van der Waals surface area contributed by atoms with E-state index in [1.165, 1.54) is 7.11 Å². The standard InChI is InChI=1S/C30H46N4O9/c1-29(2,3)42-26(36)31-24(25(35)39-7)18-21-8-10-22(11-9-21)40-20-23-19-34(27(37)41-23)17-14-32-12-15-33(16-13-32)28(38)43-30(4,5)6/h8-11,23-24H,12-20H2,1-7H3,(H,31,36). The van der Waals surface area contributed by atoms with Crippen molar-refractivity contribution in [2.24, 2.45) is 0 Å². The van der Waals surface area contributed by atoms with Crippen LogP contribution in [0.15, 0.2) is 24.3 Å². The Morgan fingerprint density at radius 2 is 1.58 bits per heavy atom. The molecule has 1 N–H and O–H groups in total. The Morgan fingerprint density at radius 3 is 2.16 bits per heavy atom. The first kappa shape index (κ1) is 33.8. The van der Waals surface area contributed by atoms with Crippen LogP contribution in [0.25, 0.3) is 0 Å². The maximum absolute atomic E-state index is 12.4. The van der Waals surface area contributed by atoms with E-state index in [0.717, 1.165) is 5.56 Å². The third-order valence-electron chi connectivity index (χ3n) is 6.64. The Bertz CT molecular complexity index is 1110. The zero-order chi connectivity index (χ0) is 31.8. The van der Waals surface area contributed by atoms with Gasteiger partial charge in [0.15, 0.2) is 6.10 Å². The van der Waals surface area contributed by atoms with Gasteiger partial charge in [-0.15, -0.1) is 0 Å². The maximum Gasteiger partial charge on any atom is 0.410 e. The third-order valence-corrected chi connectivity index (χ3v) is 6.64. The van der Waals surface area contributed by atoms with Gasteiger partial charge in [0.25, 0.3) is 0 Å². The number of hydrogen-bond donors (Lipinski definition) is 1. The summed E-state index contributed by atoms with van der Waals surface area (Å²) >= 11 is 0. The van der Waals surface area contributed by atoms with Crippen LogP contribution in [0, 0.1) is 0 Å². The first-order valence-corrected chi connectivity index (χ1v) is 14.6. The number of rotatable bonds is 10. The number of carbonyl (C=O) groups excluding carboxylic acids is 4. The van der Waals surface area contributed by atoms with Gasteiger partial charge < -0.3 is 38.8 Å². The molecule has 0 radical (unpaired) electrons. The van der Waals surface area contributed by atoms with Gasteiger partial charge >= 0.3 is 24.2 Å². The predicted molar refractivity (Wildman–Crippen MR) is 157 cm³/mol. The summed E-state index contributed by atoms with van der Waals surface area (Å²) in [5, 5.41) is 2.56. The van der Waals surface area contributed by atoms with Gasteiger partial charge in [-0.25, -0.2) is 19.2 Å². The van der Waals surface area contributed by atoms with Crippen LogP contribution < -0.4 is 10.1 Å². The van der Waals surface area contributed by atoms with Crippen molar-refractivity contribution in [3.05, 3.63) is 29.8 Å². The van der Waals surface area contributed by atoms with Crippen LogP contribution in [-0.4, -0.2) is 122 Å². The molecule has 2 unspecified atom stereocenters. The van der Waals surface area contributed by atoms with Crippen molar-refractivity contribution in [2.45, 2.75) is 71.3 Å². The smallest absolute Gasteiger partial charge is 0.410 e. The molecular weight excluding hydrogens is 560 g/mol. The Hall–Kier alpha value is -3.74. The van der Waals surface area contributed by atoms with E-state index in [1.807, 2.05) is 20.8 Å². The molecule has 0 aromatic heterocycles. The second-order valence-corrected chi connectivity index (χ2v) is 12.6. The molecule has 0 aliphatic carbocycles. The summed E-state index contributed by atoms with van der Waals surface area (Å²) in [5.74, 6) is -0.00215. The average Bonchev–Trinajstić information content (AvgIpc) is 3.28. The van der Waals surface area contributed by atoms with Gasteiger partial charge in [0.1, 0.15) is 29.6 Å². The lowest BCUT2D eigenvalue weighted by Gasteiger charge is -2.36. The van der Waals surface area contributed by atoms with Crippen LogP contribution in [0.3, 0.4) is 0 Å². The highest BCUT2D eigenvalue weighted by atomic mass is 16.6. The van der Waals surface area contributed by atoms with E-state index >= 15 is 0 Å². The molecule has 2 fully saturated rings. The summed E-state index contributed by atoms with van der Waals surface area (Å²) in [6, 6.07) is 6.17. The summed E-state index contributed by atoms with van der Waals surface area (Å²) in [5.41, 5.74) is -0.440. The number of alkyl carbamates (subject to hydrolysis) is 1. The number of carbonyl (C=O) groups is 4. The zero-order valence-corrected chi connectivity index (χ0v) is 26.3. The fourth-order valence-electron chi connectivity index (χ4n) is 4.52. The van der Waals surface area contributed by atoms with E-state index in [4.69, 9.17) is 23.7 Å². The molecule has 1 aromatic carbocycles. The number of esters is 1. The van der Waals surface area contributed by atoms with Gasteiger partial charge in [0, 0.05) is 45.7 Å². The molecular formula is C30H46N4O9. The molecule has 2 atom stereocenters. The number of ether oxygens (including phenoxy) is 5. The minimum atomic E-state index is -0.913. The summed E-state index contributed by atoms with van der Waals surface area (Å²) in [6.45, 7) is 15.2. The summed E-state index contributed by atoms with van der Waals surface area (Å²) < 4.78 is 26.9. The molecule has 1 aromatic rings. The largest absolute Gasteiger partial charge is 0.490 e. The van der Waals surface area contributed by atoms with Crippen LogP contribution in [0.5, 0.6) is 5.75 Å². The molecule has 13 heteroatoms. The van der Waals surface area contributed by atoms with Crippen LogP contribution in [0.4, 0.5) is 14.4 Å². The highest BCUT2D eigenvalue weighted by molar-refractivity contribution is 5.81. The molecule has 0 bridgehead atoms. The molecule has 240 valence electrons. The van der Waals surface area contributed by atoms with Gasteiger partial charge in [-0.1, -0.05) is 12.1 Å². The molecule has 2 saturated heterocycles. The molecule has 2 aliphatic heterocycles. The molecule has 3 rings (SSSR count). The fourth-order valence-corrected chi connectivity index (χ4v) is 4.52. The first-order chi connectivity index (χ1) is 20.1. The van der Waals surface area contributed by atoms with Gasteiger partial charge in [-0.05, 0) is 59.2 Å². The lowest BCUT2D eigenvalue weighted by atomic mass is 10.1. The van der Waals surface area contributed by atoms with E-state index in [0.29, 0.717) is 51.6 Å². The van der Waals surface area contributed by atoms with Crippen molar-refractivity contribution in [1.82, 2.24) is 20.0 Å². The number of piperazine rings is 1. The predicted octanol–water partition coefficient (Wildman–Crippen LogP) is 3.05. The maximum atomic E-state index is 12.4. The van der Waals surface area contributed by atoms with Crippen LogP contribution in [0.1, 0.15) is 47.1 Å². The summed E-state index contributed by atoms with van der Waals surface area (Å²) in [6.07, 6.45) is -1.57. The molecule has 2 heterocycles. The molecule has 13 nitrogen and oxygen atoms in total. The van der Waals surface area contributed by atoms with Gasteiger partial charge in [-0.2, -0.15) is 0 Å². The number of cyclic esters (lactones) is 1. The van der Waals surface area contributed by atoms with Crippen LogP contribution in [-0.2, 0) is 30.2 Å². The quantitative estimate of drug-likeness (QED) is 0.313. The lowest BCUT2D eigenvalue weighted by Crippen LogP contribution is -2.51. The number of hydrogen-bond acceptors (Lipinski definition) is 10. The van der Waals surface area contributed by atoms with Crippen molar-refractivity contribution in [1.29, 1.82) is 0 Å². The SMILES string of the molecule is COC(=O)C(Cc1ccc(OCC2CN(CCN3CCN(C(=O)OC(C)(C)C)CC3)C(=O)O2)cc1)NC(=O)OC(C)(C)C. The average molecular weight is 607 g/mol. The Morgan fingerprint density at radius 1 is 0.953 bits per heavy atom. The number of methoxy groups -OCH3 is 1. The van der Waals surface area contributed by atoms with Crippen molar-refractivity contribution in [3.63, 3.8) is 0 Å². The Labute approximate surface area is 253 Å². The molecule has 43 heavy (non-hydrogen) atoms. The lowest BCUT2D eigenvalue weighted by molar-refractivity contribution is -0.143. The van der Waals surface area contributed by atoms with E-state index < -0.39 is 35.4 Å². The van der Waals surface area contributed by atoms with Gasteiger partial charge in [-0.3, -0.25) is 4.90 Å². The number of nitrogens with zero attached hydrogens (tertiary/aromatic N) is 3. The van der Waals surface area contributed by atoms with Gasteiger partial charge in [0.05, 0.1) is 13.7 Å². The minimum absolute atomic E-state index is 0.196. The number of benzene rings is 1. The van der Waals surface area contributed by atoms with E-state index in [-0.39, 0.29) is 25.2 Å². The van der Waals surface area contributed by atoms with Crippen LogP contribution in [0.2, 0.25) is 0 Å². The van der Waals surface area contributed by atoms with Crippen molar-refractivity contribution in [3.8, 4) is 5.75 Å². The highest BCUT2D eigenvalue weighted by Gasteiger charge is 2.33. The van der Waals surface area contributed by atoms with E-state index in [2.05, 4.69) is 10.2 Å². The van der Waals surface area contributed by atoms with Crippen molar-refractivity contribution >= 4 is 24.2 Å². The molecule has 3 amide bonds. The molecule has 0 spiro atoms. The summed E-state index contributed by atoms with van der Waals surface area (Å²) in [7, 11) is 1.26. The second kappa shape index (κ2) is 14.6. The molecule has 0 saturated carbocycles. The highest BCUT2D eigenvalue weighted by Crippen LogP contribution is 2.18. The van der Waals surface area contributed by atoms with E-state index in [9.17, 15) is 19.2 Å². The Balaban J connectivity index is 1.40. The second-order valence-electron chi connectivity index (χ2n) is 12.6. The number of amides is 3. The normalized spacial score (nSPS) is 18.5. The number of nitrogens with one attached hydrogen (secondary N) is 1. The summed E-state index contributed by atoms with van der Waals surface area (Å²) in [4.78, 5) is 54.7. The zero-order valence-electron chi connectivity index (χ0n) is 26.3. The monoisotopic (exact) mass is 606 g/mol. The minimum Gasteiger partial charge on any atom is -0.490 e. The Kier molecular flexibility index (Phi) is 11.5. The third kappa shape index (κ3) is 11.5. The van der Waals surface area contributed by atoms with Crippen molar-refractivity contribution in [2.75, 3.05) is 59.5 Å². The van der Waals surface area contributed by atoms with E-state index in [1.54, 1.807) is 54.8 Å². The van der Waals surface area contributed by atoms with Crippen LogP contribution >= 0.6 is 0 Å². The van der Waals surface area contributed by atoms with Gasteiger partial charge in [0.2, 0.25) is 0 Å². The molecule has 2 aliphatic rings. The van der Waals surface area contributed by atoms with Crippen molar-refractivity contribution < 1.29 is 42.9 Å². The topological polar surface area (TPSA) is 136 Å². The first-order valence-electron chi connectivity index (χ1n) is 14.6.